The number of amides is 2. The first-order valence-corrected chi connectivity index (χ1v) is 9.58. The fourth-order valence-electron chi connectivity index (χ4n) is 4.77. The average Bonchev–Trinajstić information content (AvgIpc) is 3.06. The van der Waals surface area contributed by atoms with E-state index in [9.17, 15) is 9.59 Å². The van der Waals surface area contributed by atoms with Gasteiger partial charge in [-0.25, -0.2) is 0 Å². The maximum atomic E-state index is 13.0. The minimum atomic E-state index is -0.00202. The second-order valence-electron chi connectivity index (χ2n) is 7.84. The highest BCUT2D eigenvalue weighted by molar-refractivity contribution is 5.97. The van der Waals surface area contributed by atoms with Crippen molar-refractivity contribution in [3.63, 3.8) is 0 Å². The summed E-state index contributed by atoms with van der Waals surface area (Å²) in [6.45, 7) is 4.09. The summed E-state index contributed by atoms with van der Waals surface area (Å²) < 4.78 is 10.6. The molecule has 3 heterocycles. The van der Waals surface area contributed by atoms with Gasteiger partial charge in [0.05, 0.1) is 25.8 Å². The van der Waals surface area contributed by atoms with Gasteiger partial charge in [0.2, 0.25) is 5.91 Å². The zero-order valence-electron chi connectivity index (χ0n) is 16.0. The highest BCUT2D eigenvalue weighted by Crippen LogP contribution is 2.44. The number of ether oxygens (including phenoxy) is 2. The summed E-state index contributed by atoms with van der Waals surface area (Å²) in [7, 11) is 3.16. The predicted octanol–water partition coefficient (Wildman–Crippen LogP) is 1.13. The van der Waals surface area contributed by atoms with E-state index in [1.165, 1.54) is 0 Å². The number of carbonyl (C=O) groups is 2. The monoisotopic (exact) mass is 373 g/mol. The second kappa shape index (κ2) is 7.03. The minimum Gasteiger partial charge on any atom is -0.497 e. The molecule has 7 nitrogen and oxygen atoms in total. The van der Waals surface area contributed by atoms with Gasteiger partial charge in [0.15, 0.2) is 0 Å². The van der Waals surface area contributed by atoms with E-state index in [-0.39, 0.29) is 23.3 Å². The number of piperazine rings is 1. The van der Waals surface area contributed by atoms with Crippen molar-refractivity contribution >= 4 is 11.8 Å². The average molecular weight is 373 g/mol. The van der Waals surface area contributed by atoms with E-state index in [2.05, 4.69) is 10.2 Å². The molecule has 0 saturated carbocycles. The quantitative estimate of drug-likeness (QED) is 0.860. The largest absolute Gasteiger partial charge is 0.497 e. The zero-order chi connectivity index (χ0) is 19.0. The van der Waals surface area contributed by atoms with Gasteiger partial charge in [-0.3, -0.25) is 14.5 Å². The summed E-state index contributed by atoms with van der Waals surface area (Å²) in [6, 6.07) is 5.31. The van der Waals surface area contributed by atoms with Crippen molar-refractivity contribution in [2.45, 2.75) is 25.3 Å². The van der Waals surface area contributed by atoms with Gasteiger partial charge in [-0.1, -0.05) is 0 Å². The van der Waals surface area contributed by atoms with Crippen LogP contribution in [0.4, 0.5) is 0 Å². The summed E-state index contributed by atoms with van der Waals surface area (Å²) in [6.07, 6.45) is 2.79. The molecule has 1 aromatic rings. The Kier molecular flexibility index (Phi) is 4.72. The molecular weight excluding hydrogens is 346 g/mol. The summed E-state index contributed by atoms with van der Waals surface area (Å²) in [5.41, 5.74) is 0.727. The van der Waals surface area contributed by atoms with Gasteiger partial charge in [-0.05, 0) is 36.8 Å². The van der Waals surface area contributed by atoms with Crippen LogP contribution >= 0.6 is 0 Å². The summed E-state index contributed by atoms with van der Waals surface area (Å²) in [5, 5.41) is 2.98. The fourth-order valence-corrected chi connectivity index (χ4v) is 4.77. The molecule has 1 aromatic carbocycles. The number of benzene rings is 1. The Labute approximate surface area is 159 Å². The zero-order valence-corrected chi connectivity index (χ0v) is 16.0. The molecule has 27 heavy (non-hydrogen) atoms. The molecule has 1 unspecified atom stereocenters. The number of hydrogen-bond acceptors (Lipinski definition) is 5. The SMILES string of the molecule is COc1ccc(C(=O)N2CCC3(CC2)CC2C(=O)NCCN2C3)c(OC)c1. The minimum absolute atomic E-state index is 0.00202. The van der Waals surface area contributed by atoms with Gasteiger partial charge in [0.25, 0.3) is 5.91 Å². The summed E-state index contributed by atoms with van der Waals surface area (Å²) >= 11 is 0. The molecule has 0 radical (unpaired) electrons. The normalized spacial score (nSPS) is 24.4. The third kappa shape index (κ3) is 3.25. The van der Waals surface area contributed by atoms with Gasteiger partial charge in [0, 0.05) is 38.8 Å². The number of likely N-dealkylation sites (tertiary alicyclic amines) is 1. The summed E-state index contributed by atoms with van der Waals surface area (Å²) in [5.74, 6) is 1.37. The highest BCUT2D eigenvalue weighted by Gasteiger charge is 2.49. The number of hydrogen-bond donors (Lipinski definition) is 1. The fraction of sp³-hybridized carbons (Fsp3) is 0.600. The lowest BCUT2D eigenvalue weighted by atomic mass is 9.76. The van der Waals surface area contributed by atoms with Gasteiger partial charge in [0.1, 0.15) is 11.5 Å². The Hall–Kier alpha value is -2.28. The van der Waals surface area contributed by atoms with E-state index in [1.807, 2.05) is 4.90 Å². The van der Waals surface area contributed by atoms with E-state index >= 15 is 0 Å². The number of piperidine rings is 1. The molecule has 1 atom stereocenters. The number of nitrogens with zero attached hydrogens (tertiary/aromatic N) is 2. The molecule has 1 N–H and O–H groups in total. The number of nitrogens with one attached hydrogen (secondary N) is 1. The maximum absolute atomic E-state index is 13.0. The molecule has 146 valence electrons. The van der Waals surface area contributed by atoms with Crippen LogP contribution in [0.5, 0.6) is 11.5 Å². The van der Waals surface area contributed by atoms with E-state index in [0.717, 1.165) is 52.0 Å². The number of carbonyl (C=O) groups excluding carboxylic acids is 2. The first kappa shape index (κ1) is 18.1. The molecule has 3 aliphatic heterocycles. The standard InChI is InChI=1S/C20H27N3O4/c1-26-14-3-4-15(17(11-14)27-2)19(25)22-8-5-20(6-9-22)12-16-18(24)21-7-10-23(16)13-20/h3-4,11,16H,5-10,12-13H2,1-2H3,(H,21,24). The third-order valence-corrected chi connectivity index (χ3v) is 6.36. The van der Waals surface area contributed by atoms with E-state index in [4.69, 9.17) is 9.47 Å². The molecule has 0 aromatic heterocycles. The van der Waals surface area contributed by atoms with Crippen LogP contribution in [0, 0.1) is 5.41 Å². The van der Waals surface area contributed by atoms with Crippen LogP contribution < -0.4 is 14.8 Å². The van der Waals surface area contributed by atoms with Crippen molar-refractivity contribution in [1.29, 1.82) is 0 Å². The molecule has 2 amide bonds. The van der Waals surface area contributed by atoms with Crippen LogP contribution in [-0.2, 0) is 4.79 Å². The van der Waals surface area contributed by atoms with Crippen LogP contribution in [0.1, 0.15) is 29.6 Å². The van der Waals surface area contributed by atoms with Crippen LogP contribution in [0.25, 0.3) is 0 Å². The van der Waals surface area contributed by atoms with E-state index in [0.29, 0.717) is 17.1 Å². The predicted molar refractivity (Wildman–Crippen MR) is 100 cm³/mol. The molecule has 3 aliphatic rings. The highest BCUT2D eigenvalue weighted by atomic mass is 16.5. The smallest absolute Gasteiger partial charge is 0.257 e. The molecule has 0 aliphatic carbocycles. The van der Waals surface area contributed by atoms with Crippen molar-refractivity contribution in [2.75, 3.05) is 46.9 Å². The molecule has 1 spiro atoms. The first-order valence-electron chi connectivity index (χ1n) is 9.58. The Balaban J connectivity index is 1.44. The lowest BCUT2D eigenvalue weighted by Crippen LogP contribution is -2.52. The molecule has 0 bridgehead atoms. The lowest BCUT2D eigenvalue weighted by molar-refractivity contribution is -0.127. The first-order chi connectivity index (χ1) is 13.0. The molecule has 4 rings (SSSR count). The van der Waals surface area contributed by atoms with Crippen LogP contribution in [0.3, 0.4) is 0 Å². The van der Waals surface area contributed by atoms with Gasteiger partial charge in [-0.15, -0.1) is 0 Å². The molecule has 7 heteroatoms. The lowest BCUT2D eigenvalue weighted by Gasteiger charge is -2.39. The van der Waals surface area contributed by atoms with Crippen LogP contribution in [0.15, 0.2) is 18.2 Å². The van der Waals surface area contributed by atoms with Gasteiger partial charge >= 0.3 is 0 Å². The topological polar surface area (TPSA) is 71.1 Å². The summed E-state index contributed by atoms with van der Waals surface area (Å²) in [4.78, 5) is 29.4. The van der Waals surface area contributed by atoms with Crippen molar-refractivity contribution in [2.24, 2.45) is 5.41 Å². The van der Waals surface area contributed by atoms with Crippen LogP contribution in [-0.4, -0.2) is 74.6 Å². The van der Waals surface area contributed by atoms with E-state index in [1.54, 1.807) is 32.4 Å². The molecule has 3 saturated heterocycles. The van der Waals surface area contributed by atoms with Gasteiger partial charge in [-0.2, -0.15) is 0 Å². The van der Waals surface area contributed by atoms with Crippen molar-refractivity contribution < 1.29 is 19.1 Å². The van der Waals surface area contributed by atoms with Crippen molar-refractivity contribution in [3.05, 3.63) is 23.8 Å². The van der Waals surface area contributed by atoms with Crippen molar-refractivity contribution in [1.82, 2.24) is 15.1 Å². The van der Waals surface area contributed by atoms with Crippen LogP contribution in [0.2, 0.25) is 0 Å². The number of methoxy groups -OCH3 is 2. The second-order valence-corrected chi connectivity index (χ2v) is 7.84. The molecular formula is C20H27N3O4. The Morgan fingerprint density at radius 1 is 1.19 bits per heavy atom. The van der Waals surface area contributed by atoms with Crippen molar-refractivity contribution in [3.8, 4) is 11.5 Å². The molecule has 3 fully saturated rings. The Bertz CT molecular complexity index is 743. The number of rotatable bonds is 3. The number of fused-ring (bicyclic) bond motifs is 1. The maximum Gasteiger partial charge on any atom is 0.257 e. The van der Waals surface area contributed by atoms with E-state index < -0.39 is 0 Å². The van der Waals surface area contributed by atoms with Gasteiger partial charge < -0.3 is 19.7 Å². The Morgan fingerprint density at radius 3 is 2.63 bits per heavy atom. The third-order valence-electron chi connectivity index (χ3n) is 6.36. The Morgan fingerprint density at radius 2 is 1.96 bits per heavy atom.